The Hall–Kier alpha value is 0.220. The molecular formula is C16H36O8P2. The average Bonchev–Trinajstić information content (AvgIpc) is 2.32. The van der Waals surface area contributed by atoms with Crippen LogP contribution in [0.4, 0.5) is 0 Å². The molecule has 0 aliphatic rings. The van der Waals surface area contributed by atoms with Gasteiger partial charge in [-0.25, -0.2) is 9.13 Å². The van der Waals surface area contributed by atoms with Crippen LogP contribution in [0.15, 0.2) is 0 Å². The Kier molecular flexibility index (Phi) is 12.0. The van der Waals surface area contributed by atoms with Gasteiger partial charge in [0.05, 0.1) is 37.1 Å². The molecule has 0 aromatic carbocycles. The number of phosphoric ester groups is 2. The summed E-state index contributed by atoms with van der Waals surface area (Å²) in [4.78, 5) is 0. The Bertz CT molecular complexity index is 451. The van der Waals surface area contributed by atoms with E-state index in [1.165, 1.54) is 0 Å². The minimum atomic E-state index is -3.70. The van der Waals surface area contributed by atoms with Gasteiger partial charge in [-0.1, -0.05) is 0 Å². The van der Waals surface area contributed by atoms with Gasteiger partial charge < -0.3 is 0 Å². The fourth-order valence-electron chi connectivity index (χ4n) is 1.80. The van der Waals surface area contributed by atoms with E-state index in [1.54, 1.807) is 62.3 Å². The highest BCUT2D eigenvalue weighted by molar-refractivity contribution is 7.48. The molecule has 0 spiro atoms. The van der Waals surface area contributed by atoms with Crippen LogP contribution in [0.25, 0.3) is 0 Å². The Morgan fingerprint density at radius 3 is 1.27 bits per heavy atom. The van der Waals surface area contributed by atoms with E-state index < -0.39 is 21.7 Å². The van der Waals surface area contributed by atoms with E-state index in [-0.39, 0.29) is 31.0 Å². The average molecular weight is 418 g/mol. The molecule has 0 fully saturated rings. The normalized spacial score (nSPS) is 14.8. The third kappa shape index (κ3) is 12.6. The maximum Gasteiger partial charge on any atom is 0.475 e. The highest BCUT2D eigenvalue weighted by atomic mass is 31.2. The van der Waals surface area contributed by atoms with Gasteiger partial charge in [-0.05, 0) is 68.7 Å². The minimum Gasteiger partial charge on any atom is -0.287 e. The molecule has 8 nitrogen and oxygen atoms in total. The van der Waals surface area contributed by atoms with E-state index in [0.29, 0.717) is 6.42 Å². The van der Waals surface area contributed by atoms with Gasteiger partial charge in [0.1, 0.15) is 0 Å². The summed E-state index contributed by atoms with van der Waals surface area (Å²) in [5.74, 6) is 0. The van der Waals surface area contributed by atoms with Crippen molar-refractivity contribution in [2.75, 3.05) is 6.61 Å². The smallest absolute Gasteiger partial charge is 0.287 e. The Morgan fingerprint density at radius 2 is 0.923 bits per heavy atom. The maximum absolute atomic E-state index is 12.7. The maximum atomic E-state index is 12.7. The topological polar surface area (TPSA) is 89.5 Å². The predicted octanol–water partition coefficient (Wildman–Crippen LogP) is 5.71. The third-order valence-corrected chi connectivity index (χ3v) is 6.28. The minimum absolute atomic E-state index is 0.0429. The number of phosphoric acid groups is 2. The van der Waals surface area contributed by atoms with Crippen molar-refractivity contribution in [1.29, 1.82) is 0 Å². The zero-order valence-electron chi connectivity index (χ0n) is 17.5. The zero-order chi connectivity index (χ0) is 20.5. The molecule has 0 heterocycles. The van der Waals surface area contributed by atoms with Gasteiger partial charge >= 0.3 is 15.6 Å². The molecule has 0 aromatic heterocycles. The van der Waals surface area contributed by atoms with Crippen molar-refractivity contribution in [2.45, 2.75) is 99.3 Å². The molecule has 10 heteroatoms. The fourth-order valence-corrected chi connectivity index (χ4v) is 5.06. The molecule has 158 valence electrons. The monoisotopic (exact) mass is 418 g/mol. The molecule has 0 aromatic rings. The first-order chi connectivity index (χ1) is 11.8. The van der Waals surface area contributed by atoms with Crippen LogP contribution in [0.5, 0.6) is 0 Å². The van der Waals surface area contributed by atoms with Gasteiger partial charge in [0.25, 0.3) is 0 Å². The molecule has 0 rings (SSSR count). The van der Waals surface area contributed by atoms with Crippen molar-refractivity contribution in [3.05, 3.63) is 0 Å². The Labute approximate surface area is 158 Å². The van der Waals surface area contributed by atoms with E-state index in [9.17, 15) is 9.13 Å². The van der Waals surface area contributed by atoms with E-state index in [1.807, 2.05) is 0 Å². The van der Waals surface area contributed by atoms with Crippen LogP contribution in [0.2, 0.25) is 0 Å². The molecule has 0 aliphatic carbocycles. The van der Waals surface area contributed by atoms with Crippen LogP contribution in [0.3, 0.4) is 0 Å². The lowest BCUT2D eigenvalue weighted by molar-refractivity contribution is 0.0384. The molecule has 0 saturated carbocycles. The zero-order valence-corrected chi connectivity index (χ0v) is 19.3. The van der Waals surface area contributed by atoms with Crippen LogP contribution >= 0.6 is 15.6 Å². The lowest BCUT2D eigenvalue weighted by Gasteiger charge is -2.25. The molecule has 0 unspecified atom stereocenters. The Balaban J connectivity index is 4.71. The van der Waals surface area contributed by atoms with Crippen molar-refractivity contribution in [2.24, 2.45) is 0 Å². The van der Waals surface area contributed by atoms with Gasteiger partial charge in [-0.2, -0.15) is 0 Å². The Morgan fingerprint density at radius 1 is 0.577 bits per heavy atom. The van der Waals surface area contributed by atoms with Gasteiger partial charge in [0.15, 0.2) is 0 Å². The molecule has 0 bridgehead atoms. The predicted molar refractivity (Wildman–Crippen MR) is 101 cm³/mol. The molecule has 1 atom stereocenters. The van der Waals surface area contributed by atoms with E-state index in [2.05, 4.69) is 0 Å². The highest BCUT2D eigenvalue weighted by Crippen LogP contribution is 2.54. The first-order valence-corrected chi connectivity index (χ1v) is 12.0. The quantitative estimate of drug-likeness (QED) is 0.331. The molecule has 0 saturated heterocycles. The lowest BCUT2D eigenvalue weighted by atomic mass is 10.3. The van der Waals surface area contributed by atoms with Crippen molar-refractivity contribution in [3.63, 3.8) is 0 Å². The van der Waals surface area contributed by atoms with Gasteiger partial charge in [0.2, 0.25) is 0 Å². The summed E-state index contributed by atoms with van der Waals surface area (Å²) in [6.07, 6.45) is -1.46. The molecular weight excluding hydrogens is 382 g/mol. The van der Waals surface area contributed by atoms with Crippen LogP contribution in [0.1, 0.15) is 68.7 Å². The van der Waals surface area contributed by atoms with Crippen molar-refractivity contribution in [3.8, 4) is 0 Å². The van der Waals surface area contributed by atoms with Crippen LogP contribution in [0, 0.1) is 0 Å². The van der Waals surface area contributed by atoms with Gasteiger partial charge in [-0.3, -0.25) is 27.1 Å². The van der Waals surface area contributed by atoms with Crippen LogP contribution in [-0.4, -0.2) is 37.1 Å². The van der Waals surface area contributed by atoms with Gasteiger partial charge in [-0.15, -0.1) is 0 Å². The van der Waals surface area contributed by atoms with E-state index in [0.717, 1.165) is 0 Å². The SMILES string of the molecule is CC(C)OP(=O)(OCC[C@@H](C)OP(=O)(OC(C)C)OC(C)C)OC(C)C. The van der Waals surface area contributed by atoms with Crippen molar-refractivity contribution < 1.29 is 36.3 Å². The summed E-state index contributed by atoms with van der Waals surface area (Å²) in [6.45, 7) is 15.7. The molecule has 26 heavy (non-hydrogen) atoms. The van der Waals surface area contributed by atoms with Crippen molar-refractivity contribution >= 4 is 15.6 Å². The first-order valence-electron chi connectivity index (χ1n) is 9.03. The number of hydrogen-bond donors (Lipinski definition) is 0. The van der Waals surface area contributed by atoms with E-state index >= 15 is 0 Å². The second-order valence-electron chi connectivity index (χ2n) is 7.05. The van der Waals surface area contributed by atoms with Crippen LogP contribution < -0.4 is 0 Å². The largest absolute Gasteiger partial charge is 0.475 e. The molecule has 0 amide bonds. The second-order valence-corrected chi connectivity index (χ2v) is 10.2. The van der Waals surface area contributed by atoms with Crippen molar-refractivity contribution in [1.82, 2.24) is 0 Å². The third-order valence-electron chi connectivity index (χ3n) is 2.44. The summed E-state index contributed by atoms with van der Waals surface area (Å²) in [5, 5.41) is 0. The molecule has 0 radical (unpaired) electrons. The fraction of sp³-hybridized carbons (Fsp3) is 1.00. The second kappa shape index (κ2) is 11.9. The first kappa shape index (κ1) is 26.2. The summed E-state index contributed by atoms with van der Waals surface area (Å²) in [5.41, 5.74) is 0. The van der Waals surface area contributed by atoms with Crippen LogP contribution in [-0.2, 0) is 36.3 Å². The molecule has 0 N–H and O–H groups in total. The number of rotatable bonds is 14. The summed E-state index contributed by atoms with van der Waals surface area (Å²) in [7, 11) is -7.37. The number of hydrogen-bond acceptors (Lipinski definition) is 8. The summed E-state index contributed by atoms with van der Waals surface area (Å²) >= 11 is 0. The summed E-state index contributed by atoms with van der Waals surface area (Å²) in [6, 6.07) is 0. The summed E-state index contributed by atoms with van der Waals surface area (Å²) < 4.78 is 57.4. The highest BCUT2D eigenvalue weighted by Gasteiger charge is 2.33. The molecule has 0 aliphatic heterocycles. The lowest BCUT2D eigenvalue weighted by Crippen LogP contribution is -2.17. The van der Waals surface area contributed by atoms with E-state index in [4.69, 9.17) is 27.1 Å². The van der Waals surface area contributed by atoms with Gasteiger partial charge in [0, 0.05) is 0 Å². The standard InChI is InChI=1S/C16H36O8P2/c1-12(2)20-25(17,21-13(3)4)19-11-10-16(9)24-26(18,22-14(5)6)23-15(7)8/h12-16H,10-11H2,1-9H3/t16-/m1/s1.